The molecule has 0 bridgehead atoms. The van der Waals surface area contributed by atoms with Crippen molar-refractivity contribution in [1.82, 2.24) is 0 Å². The minimum Gasteiger partial charge on any atom is -0.449 e. The Morgan fingerprint density at radius 1 is 1.00 bits per heavy atom. The molecule has 0 aromatic heterocycles. The van der Waals surface area contributed by atoms with Crippen LogP contribution < -0.4 is 0 Å². The zero-order valence-electron chi connectivity index (χ0n) is 15.1. The Kier molecular flexibility index (Phi) is 6.23. The van der Waals surface area contributed by atoms with Crippen LogP contribution in [-0.4, -0.2) is 59.2 Å². The third-order valence-corrected chi connectivity index (χ3v) is 4.69. The predicted octanol–water partition coefficient (Wildman–Crippen LogP) is 4.45. The smallest absolute Gasteiger partial charge is 0.449 e. The maximum atomic E-state index is 14.5. The summed E-state index contributed by atoms with van der Waals surface area (Å²) in [5.74, 6) is -21.9. The molecule has 0 aromatic carbocycles. The largest absolute Gasteiger partial charge is 0.449 e. The fourth-order valence-corrected chi connectivity index (χ4v) is 2.34. The first-order chi connectivity index (χ1) is 13.0. The Morgan fingerprint density at radius 3 is 1.73 bits per heavy atom. The van der Waals surface area contributed by atoms with E-state index in [4.69, 9.17) is 0 Å². The van der Waals surface area contributed by atoms with Crippen LogP contribution in [-0.2, 0) is 14.3 Å². The first-order valence-electron chi connectivity index (χ1n) is 7.78. The van der Waals surface area contributed by atoms with Gasteiger partial charge in [-0.1, -0.05) is 6.92 Å². The van der Waals surface area contributed by atoms with E-state index in [-0.39, 0.29) is 0 Å². The van der Waals surface area contributed by atoms with Crippen LogP contribution in [0.2, 0.25) is 0 Å². The Labute approximate surface area is 160 Å². The Balaban J connectivity index is 3.93. The second-order valence-electron chi connectivity index (χ2n) is 7.05. The molecule has 0 saturated carbocycles. The first-order valence-corrected chi connectivity index (χ1v) is 7.78. The second kappa shape index (κ2) is 7.03. The van der Waals surface area contributed by atoms with Gasteiger partial charge in [-0.05, 0) is 20.3 Å². The van der Waals surface area contributed by atoms with Gasteiger partial charge in [0, 0.05) is 0 Å². The van der Waals surface area contributed by atoms with E-state index < -0.39 is 65.9 Å². The number of ether oxygens (including phenoxy) is 2. The lowest BCUT2D eigenvalue weighted by Crippen LogP contribution is -2.84. The van der Waals surface area contributed by atoms with Crippen LogP contribution in [0.1, 0.15) is 27.2 Å². The summed E-state index contributed by atoms with van der Waals surface area (Å²) in [5, 5.41) is 9.20. The molecule has 4 nitrogen and oxygen atoms in total. The van der Waals surface area contributed by atoms with E-state index in [2.05, 4.69) is 9.47 Å². The van der Waals surface area contributed by atoms with Crippen LogP contribution in [0.4, 0.5) is 52.7 Å². The van der Waals surface area contributed by atoms with E-state index in [1.54, 1.807) is 0 Å². The minimum atomic E-state index is -7.15. The third-order valence-electron chi connectivity index (χ3n) is 4.69. The van der Waals surface area contributed by atoms with Crippen LogP contribution in [0, 0.1) is 5.41 Å². The van der Waals surface area contributed by atoms with Gasteiger partial charge >= 0.3 is 36.0 Å². The van der Waals surface area contributed by atoms with Gasteiger partial charge in [0.25, 0.3) is 12.0 Å². The summed E-state index contributed by atoms with van der Waals surface area (Å²) >= 11 is 0. The molecule has 1 aliphatic rings. The number of aliphatic hydroxyl groups is 1. The molecule has 30 heavy (non-hydrogen) atoms. The highest BCUT2D eigenvalue weighted by Crippen LogP contribution is 2.63. The van der Waals surface area contributed by atoms with Gasteiger partial charge < -0.3 is 14.6 Å². The number of carbonyl (C=O) groups is 1. The van der Waals surface area contributed by atoms with Gasteiger partial charge in [-0.15, -0.1) is 0 Å². The summed E-state index contributed by atoms with van der Waals surface area (Å²) in [6.45, 7) is 2.82. The number of alkyl halides is 12. The van der Waals surface area contributed by atoms with Crippen molar-refractivity contribution in [1.29, 1.82) is 0 Å². The first kappa shape index (κ1) is 26.6. The fourth-order valence-electron chi connectivity index (χ4n) is 2.34. The predicted molar refractivity (Wildman–Crippen MR) is 70.7 cm³/mol. The maximum absolute atomic E-state index is 14.5. The van der Waals surface area contributed by atoms with Crippen molar-refractivity contribution in [2.24, 2.45) is 5.41 Å². The summed E-state index contributed by atoms with van der Waals surface area (Å²) < 4.78 is 169. The van der Waals surface area contributed by atoms with E-state index >= 15 is 0 Å². The topological polar surface area (TPSA) is 55.8 Å². The average molecular weight is 474 g/mol. The van der Waals surface area contributed by atoms with Crippen molar-refractivity contribution in [3.63, 3.8) is 0 Å². The number of halogens is 12. The Hall–Kier alpha value is -1.45. The van der Waals surface area contributed by atoms with Crippen molar-refractivity contribution in [2.45, 2.75) is 75.3 Å². The van der Waals surface area contributed by atoms with Gasteiger partial charge in [-0.2, -0.15) is 43.9 Å². The number of hydrogen-bond donors (Lipinski definition) is 1. The van der Waals surface area contributed by atoms with Gasteiger partial charge in [0.2, 0.25) is 6.10 Å². The lowest BCUT2D eigenvalue weighted by Gasteiger charge is -2.54. The molecule has 3 unspecified atom stereocenters. The van der Waals surface area contributed by atoms with Crippen LogP contribution >= 0.6 is 0 Å². The molecule has 16 heteroatoms. The van der Waals surface area contributed by atoms with Crippen LogP contribution in [0.15, 0.2) is 0 Å². The lowest BCUT2D eigenvalue weighted by atomic mass is 9.80. The molecule has 0 amide bonds. The number of esters is 1. The van der Waals surface area contributed by atoms with Gasteiger partial charge in [-0.3, -0.25) is 4.79 Å². The number of hydrogen-bond acceptors (Lipinski definition) is 4. The van der Waals surface area contributed by atoms with Crippen LogP contribution in [0.25, 0.3) is 0 Å². The van der Waals surface area contributed by atoms with Crippen LogP contribution in [0.3, 0.4) is 0 Å². The SMILES string of the molecule is CCC(C)(C)C(=O)OC1C(F)(F)C(O)(C(F)(F)F)OC(C(F)F)(C(F)(F)F)C1(F)F. The molecule has 1 fully saturated rings. The average Bonchev–Trinajstić information content (AvgIpc) is 2.52. The van der Waals surface area contributed by atoms with E-state index in [1.807, 2.05) is 0 Å². The van der Waals surface area contributed by atoms with Crippen molar-refractivity contribution >= 4 is 5.97 Å². The van der Waals surface area contributed by atoms with Crippen molar-refractivity contribution < 1.29 is 72.1 Å². The zero-order valence-corrected chi connectivity index (χ0v) is 15.1. The molecule has 178 valence electrons. The summed E-state index contributed by atoms with van der Waals surface area (Å²) in [4.78, 5) is 11.9. The molecule has 0 aromatic rings. The summed E-state index contributed by atoms with van der Waals surface area (Å²) in [6, 6.07) is 0. The Morgan fingerprint density at radius 2 is 1.43 bits per heavy atom. The van der Waals surface area contributed by atoms with Crippen molar-refractivity contribution in [2.75, 3.05) is 0 Å². The lowest BCUT2D eigenvalue weighted by molar-refractivity contribution is -0.550. The molecule has 1 aliphatic heterocycles. The third kappa shape index (κ3) is 3.39. The highest BCUT2D eigenvalue weighted by atomic mass is 19.4. The highest BCUT2D eigenvalue weighted by molar-refractivity contribution is 5.76. The monoisotopic (exact) mass is 474 g/mol. The van der Waals surface area contributed by atoms with Gasteiger partial charge in [0.15, 0.2) is 0 Å². The van der Waals surface area contributed by atoms with E-state index in [0.29, 0.717) is 0 Å². The van der Waals surface area contributed by atoms with Crippen molar-refractivity contribution in [3.8, 4) is 0 Å². The summed E-state index contributed by atoms with van der Waals surface area (Å²) in [5.41, 5.74) is -8.61. The van der Waals surface area contributed by atoms with E-state index in [9.17, 15) is 62.6 Å². The number of carbonyl (C=O) groups excluding carboxylic acids is 1. The van der Waals surface area contributed by atoms with Gasteiger partial charge in [0.05, 0.1) is 5.41 Å². The molecule has 0 aliphatic carbocycles. The van der Waals surface area contributed by atoms with Crippen LogP contribution in [0.5, 0.6) is 0 Å². The summed E-state index contributed by atoms with van der Waals surface area (Å²) in [7, 11) is 0. The highest BCUT2D eigenvalue weighted by Gasteiger charge is 2.94. The zero-order chi connectivity index (χ0) is 24.4. The Bertz CT molecular complexity index is 671. The molecule has 1 saturated heterocycles. The summed E-state index contributed by atoms with van der Waals surface area (Å²) in [6.07, 6.45) is -25.3. The van der Waals surface area contributed by atoms with E-state index in [1.165, 1.54) is 0 Å². The normalized spacial score (nSPS) is 32.2. The molecule has 1 rings (SSSR count). The minimum absolute atomic E-state index is 0.394. The quantitative estimate of drug-likeness (QED) is 0.484. The molecule has 1 heterocycles. The molecule has 0 spiro atoms. The second-order valence-corrected chi connectivity index (χ2v) is 7.05. The van der Waals surface area contributed by atoms with E-state index in [0.717, 1.165) is 20.8 Å². The van der Waals surface area contributed by atoms with Crippen molar-refractivity contribution in [3.05, 3.63) is 0 Å². The standard InChI is InChI=1S/C14H14F12O4/c1-4-8(2,3)7(27)29-5-10(17,18)9(6(15)16,13(21,22)23)30-12(28,11(5,19)20)14(24,25)26/h5-6,28H,4H2,1-3H3. The molecular weight excluding hydrogens is 460 g/mol. The molecular formula is C14H14F12O4. The molecule has 1 N–H and O–H groups in total. The number of rotatable bonds is 4. The molecule has 0 radical (unpaired) electrons. The maximum Gasteiger partial charge on any atom is 0.449 e. The van der Waals surface area contributed by atoms with Gasteiger partial charge in [0.1, 0.15) is 0 Å². The molecule has 3 atom stereocenters. The van der Waals surface area contributed by atoms with Gasteiger partial charge in [-0.25, -0.2) is 8.78 Å². The fraction of sp³-hybridized carbons (Fsp3) is 0.929.